The first-order valence-electron chi connectivity index (χ1n) is 13.5. The maximum atomic E-state index is 13.4. The van der Waals surface area contributed by atoms with Crippen molar-refractivity contribution in [3.05, 3.63) is 95.8 Å². The molecular formula is C31H35NO9. The Kier molecular flexibility index (Phi) is 10.8. The zero-order valence-electron chi connectivity index (χ0n) is 23.1. The van der Waals surface area contributed by atoms with Gasteiger partial charge in [-0.1, -0.05) is 60.7 Å². The van der Waals surface area contributed by atoms with Crippen LogP contribution in [-0.2, 0) is 39.9 Å². The lowest BCUT2D eigenvalue weighted by Crippen LogP contribution is -2.52. The number of methoxy groups -OCH3 is 1. The van der Waals surface area contributed by atoms with Crippen LogP contribution in [0.3, 0.4) is 0 Å². The number of hydrogen-bond donors (Lipinski definition) is 1. The zero-order valence-corrected chi connectivity index (χ0v) is 23.1. The standard InChI is InChI=1S/C31H35NO9/c1-21-27(23-12-7-4-8-13-23)41-31(36)32(21)30(35)29(37-2)28-26(34)16-15-24(40-28)14-9-17-38-20-25(18-33)39-19-22-10-5-3-6-11-22/h3-8,10-16,21,25,27-29,33H,9,17-20H2,1-2H3/t21-,25+,27-,28-,29-/m0/s1. The summed E-state index contributed by atoms with van der Waals surface area (Å²) in [6.45, 7) is 2.42. The summed E-state index contributed by atoms with van der Waals surface area (Å²) in [6.07, 6.45) is 0.448. The molecule has 2 aromatic carbocycles. The minimum absolute atomic E-state index is 0.175. The SMILES string of the molecule is CO[C@H](C(=O)N1C(=O)O[C@H](c2ccccc2)[C@@H]1C)[C@H]1OC(=CCCOC[C@@H](CO)OCc2ccccc2)C=CC1=O. The van der Waals surface area contributed by atoms with Crippen molar-refractivity contribution in [3.8, 4) is 0 Å². The Hall–Kier alpha value is -3.83. The summed E-state index contributed by atoms with van der Waals surface area (Å²) in [7, 11) is 1.28. The smallest absolute Gasteiger partial charge is 0.417 e. The number of carbonyl (C=O) groups excluding carboxylic acids is 3. The maximum absolute atomic E-state index is 13.4. The first-order valence-corrected chi connectivity index (χ1v) is 13.5. The van der Waals surface area contributed by atoms with E-state index < -0.39 is 48.2 Å². The van der Waals surface area contributed by atoms with Gasteiger partial charge in [0, 0.05) is 7.11 Å². The van der Waals surface area contributed by atoms with Crippen LogP contribution in [0.25, 0.3) is 0 Å². The maximum Gasteiger partial charge on any atom is 0.417 e. The van der Waals surface area contributed by atoms with Crippen LogP contribution in [0.2, 0.25) is 0 Å². The number of aliphatic hydroxyl groups excluding tert-OH is 1. The van der Waals surface area contributed by atoms with Crippen LogP contribution in [0.1, 0.15) is 30.6 Å². The molecule has 2 aromatic rings. The molecule has 2 aliphatic heterocycles. The number of nitrogens with zero attached hydrogens (tertiary/aromatic N) is 1. The molecule has 5 atom stereocenters. The van der Waals surface area contributed by atoms with E-state index in [4.69, 9.17) is 23.7 Å². The van der Waals surface area contributed by atoms with Crippen molar-refractivity contribution in [2.45, 2.75) is 50.4 Å². The quantitative estimate of drug-likeness (QED) is 0.364. The predicted molar refractivity (Wildman–Crippen MR) is 147 cm³/mol. The molecule has 0 saturated carbocycles. The summed E-state index contributed by atoms with van der Waals surface area (Å²) >= 11 is 0. The molecule has 41 heavy (non-hydrogen) atoms. The first kappa shape index (κ1) is 30.1. The van der Waals surface area contributed by atoms with E-state index in [9.17, 15) is 19.5 Å². The number of ketones is 1. The van der Waals surface area contributed by atoms with Crippen molar-refractivity contribution in [2.75, 3.05) is 26.9 Å². The predicted octanol–water partition coefficient (Wildman–Crippen LogP) is 3.50. The molecule has 2 amide bonds. The Morgan fingerprint density at radius 2 is 1.76 bits per heavy atom. The fourth-order valence-corrected chi connectivity index (χ4v) is 4.61. The highest BCUT2D eigenvalue weighted by atomic mass is 16.6. The van der Waals surface area contributed by atoms with Crippen molar-refractivity contribution in [1.29, 1.82) is 0 Å². The molecule has 0 bridgehead atoms. The van der Waals surface area contributed by atoms with Crippen LogP contribution in [0.4, 0.5) is 4.79 Å². The zero-order chi connectivity index (χ0) is 29.2. The summed E-state index contributed by atoms with van der Waals surface area (Å²) < 4.78 is 28.1. The van der Waals surface area contributed by atoms with E-state index in [0.29, 0.717) is 25.4 Å². The Labute approximate surface area is 239 Å². The number of aliphatic hydroxyl groups is 1. The molecule has 1 N–H and O–H groups in total. The lowest BCUT2D eigenvalue weighted by Gasteiger charge is -2.30. The van der Waals surface area contributed by atoms with Gasteiger partial charge in [-0.3, -0.25) is 9.59 Å². The summed E-state index contributed by atoms with van der Waals surface area (Å²) in [5.41, 5.74) is 1.76. The highest BCUT2D eigenvalue weighted by molar-refractivity contribution is 6.03. The van der Waals surface area contributed by atoms with E-state index in [1.54, 1.807) is 13.0 Å². The minimum Gasteiger partial charge on any atom is -0.479 e. The van der Waals surface area contributed by atoms with Gasteiger partial charge in [-0.15, -0.1) is 0 Å². The van der Waals surface area contributed by atoms with Gasteiger partial charge in [-0.25, -0.2) is 9.69 Å². The second-order valence-corrected chi connectivity index (χ2v) is 9.67. The molecule has 0 radical (unpaired) electrons. The van der Waals surface area contributed by atoms with Gasteiger partial charge in [0.2, 0.25) is 0 Å². The topological polar surface area (TPSA) is 121 Å². The van der Waals surface area contributed by atoms with Crippen LogP contribution >= 0.6 is 0 Å². The lowest BCUT2D eigenvalue weighted by molar-refractivity contribution is -0.153. The van der Waals surface area contributed by atoms with E-state index in [1.165, 1.54) is 19.3 Å². The molecule has 10 nitrogen and oxygen atoms in total. The fraction of sp³-hybridized carbons (Fsp3) is 0.387. The number of benzene rings is 2. The van der Waals surface area contributed by atoms with Gasteiger partial charge >= 0.3 is 6.09 Å². The summed E-state index contributed by atoms with van der Waals surface area (Å²) in [5.74, 6) is -0.809. The van der Waals surface area contributed by atoms with Gasteiger partial charge in [-0.05, 0) is 42.7 Å². The average molecular weight is 566 g/mol. The highest BCUT2D eigenvalue weighted by Crippen LogP contribution is 2.33. The van der Waals surface area contributed by atoms with E-state index in [-0.39, 0.29) is 13.2 Å². The summed E-state index contributed by atoms with van der Waals surface area (Å²) in [6, 6.07) is 18.2. The van der Waals surface area contributed by atoms with Gasteiger partial charge in [-0.2, -0.15) is 0 Å². The summed E-state index contributed by atoms with van der Waals surface area (Å²) in [4.78, 5) is 39.8. The number of hydrogen-bond acceptors (Lipinski definition) is 9. The van der Waals surface area contributed by atoms with Crippen molar-refractivity contribution in [3.63, 3.8) is 0 Å². The largest absolute Gasteiger partial charge is 0.479 e. The minimum atomic E-state index is -1.36. The number of amides is 2. The Bertz CT molecular complexity index is 1230. The second-order valence-electron chi connectivity index (χ2n) is 9.67. The van der Waals surface area contributed by atoms with Gasteiger partial charge in [0.05, 0.1) is 32.5 Å². The van der Waals surface area contributed by atoms with Crippen molar-refractivity contribution >= 4 is 17.8 Å². The van der Waals surface area contributed by atoms with Gasteiger partial charge in [0.25, 0.3) is 5.91 Å². The third kappa shape index (κ3) is 7.68. The summed E-state index contributed by atoms with van der Waals surface area (Å²) in [5, 5.41) is 9.57. The normalized spacial score (nSPS) is 22.9. The fourth-order valence-electron chi connectivity index (χ4n) is 4.61. The number of cyclic esters (lactones) is 1. The Morgan fingerprint density at radius 1 is 1.05 bits per heavy atom. The van der Waals surface area contributed by atoms with E-state index >= 15 is 0 Å². The molecule has 218 valence electrons. The molecule has 0 spiro atoms. The van der Waals surface area contributed by atoms with Crippen LogP contribution < -0.4 is 0 Å². The van der Waals surface area contributed by atoms with Crippen molar-refractivity contribution in [2.24, 2.45) is 0 Å². The lowest BCUT2D eigenvalue weighted by atomic mass is 10.0. The Balaban J connectivity index is 1.30. The molecule has 1 saturated heterocycles. The molecule has 0 unspecified atom stereocenters. The Morgan fingerprint density at radius 3 is 2.44 bits per heavy atom. The third-order valence-corrected chi connectivity index (χ3v) is 6.81. The number of ether oxygens (including phenoxy) is 5. The molecule has 2 heterocycles. The van der Waals surface area contributed by atoms with E-state index in [2.05, 4.69) is 0 Å². The number of imide groups is 1. The van der Waals surface area contributed by atoms with Crippen LogP contribution in [0.15, 0.2) is 84.7 Å². The average Bonchev–Trinajstić information content (AvgIpc) is 3.30. The number of rotatable bonds is 13. The van der Waals surface area contributed by atoms with E-state index in [0.717, 1.165) is 16.0 Å². The van der Waals surface area contributed by atoms with Crippen LogP contribution in [-0.4, -0.2) is 79.1 Å². The van der Waals surface area contributed by atoms with Gasteiger partial charge < -0.3 is 28.8 Å². The third-order valence-electron chi connectivity index (χ3n) is 6.81. The second kappa shape index (κ2) is 14.7. The molecule has 1 fully saturated rings. The van der Waals surface area contributed by atoms with Gasteiger partial charge in [0.1, 0.15) is 18.0 Å². The highest BCUT2D eigenvalue weighted by Gasteiger charge is 2.48. The van der Waals surface area contributed by atoms with Crippen molar-refractivity contribution in [1.82, 2.24) is 4.90 Å². The van der Waals surface area contributed by atoms with Crippen LogP contribution in [0.5, 0.6) is 0 Å². The van der Waals surface area contributed by atoms with Crippen LogP contribution in [0, 0.1) is 0 Å². The molecular weight excluding hydrogens is 530 g/mol. The van der Waals surface area contributed by atoms with Crippen molar-refractivity contribution < 1.29 is 43.2 Å². The first-order chi connectivity index (χ1) is 19.9. The van der Waals surface area contributed by atoms with E-state index in [1.807, 2.05) is 60.7 Å². The molecule has 0 aliphatic carbocycles. The molecule has 2 aliphatic rings. The number of carbonyl (C=O) groups is 3. The molecule has 0 aromatic heterocycles. The van der Waals surface area contributed by atoms with Gasteiger partial charge in [0.15, 0.2) is 18.0 Å². The monoisotopic (exact) mass is 565 g/mol. The molecule has 10 heteroatoms. The molecule has 4 rings (SSSR count). The number of allylic oxidation sites excluding steroid dienone is 1.